The standard InChI is InChI=1S/C12H14NO4/c1-17-9-2-3-12-10(4-9)11(7-15)8(6-14)5-13(12)16/h2-5,12,14-15H,6-7H2,1H3/q+1. The summed E-state index contributed by atoms with van der Waals surface area (Å²) in [5.41, 5.74) is 1.70. The Hall–Kier alpha value is -1.72. The molecular formula is C12H14NO4+. The molecule has 0 aromatic carbocycles. The van der Waals surface area contributed by atoms with Gasteiger partial charge in [-0.2, -0.15) is 0 Å². The molecule has 1 unspecified atom stereocenters. The Balaban J connectivity index is 2.52. The first kappa shape index (κ1) is 11.8. The first-order valence-electron chi connectivity index (χ1n) is 5.26. The van der Waals surface area contributed by atoms with Crippen molar-refractivity contribution in [2.75, 3.05) is 20.3 Å². The van der Waals surface area contributed by atoms with Crippen molar-refractivity contribution in [1.29, 1.82) is 0 Å². The minimum atomic E-state index is -0.452. The first-order valence-corrected chi connectivity index (χ1v) is 5.26. The van der Waals surface area contributed by atoms with Gasteiger partial charge in [-0.3, -0.25) is 0 Å². The number of aliphatic hydroxyl groups excluding tert-OH is 2. The molecule has 0 spiro atoms. The molecule has 1 aliphatic heterocycles. The number of aliphatic hydroxyl groups is 2. The minimum Gasteiger partial charge on any atom is -0.497 e. The summed E-state index contributed by atoms with van der Waals surface area (Å²) < 4.78 is 5.86. The van der Waals surface area contributed by atoms with Crippen LogP contribution in [0.2, 0.25) is 0 Å². The lowest BCUT2D eigenvalue weighted by Crippen LogP contribution is -2.28. The fraction of sp³-hybridized carbons (Fsp3) is 0.333. The van der Waals surface area contributed by atoms with E-state index in [9.17, 15) is 15.1 Å². The summed E-state index contributed by atoms with van der Waals surface area (Å²) in [5.74, 6) is 0.620. The van der Waals surface area contributed by atoms with Gasteiger partial charge >= 0.3 is 0 Å². The van der Waals surface area contributed by atoms with Crippen molar-refractivity contribution < 1.29 is 19.7 Å². The second-order valence-electron chi connectivity index (χ2n) is 3.82. The van der Waals surface area contributed by atoms with Crippen molar-refractivity contribution in [3.63, 3.8) is 0 Å². The van der Waals surface area contributed by atoms with E-state index in [1.165, 1.54) is 13.3 Å². The number of ether oxygens (including phenoxy) is 1. The maximum atomic E-state index is 11.7. The molecule has 2 rings (SSSR count). The third kappa shape index (κ3) is 1.94. The van der Waals surface area contributed by atoms with Crippen LogP contribution in [-0.4, -0.2) is 41.3 Å². The van der Waals surface area contributed by atoms with Crippen LogP contribution in [-0.2, 0) is 4.74 Å². The minimum absolute atomic E-state index is 0.215. The third-order valence-electron chi connectivity index (χ3n) is 2.92. The molecule has 0 bridgehead atoms. The summed E-state index contributed by atoms with van der Waals surface area (Å²) in [6.07, 6.45) is 6.45. The summed E-state index contributed by atoms with van der Waals surface area (Å²) in [6.45, 7) is -0.488. The molecule has 1 atom stereocenters. The average molecular weight is 236 g/mol. The SMILES string of the molecule is COC1=CC2=C(CO)C(CO)=C[N+](=O)C2C=C1. The Morgan fingerprint density at radius 2 is 2.18 bits per heavy atom. The Morgan fingerprint density at radius 1 is 1.41 bits per heavy atom. The van der Waals surface area contributed by atoms with Crippen molar-refractivity contribution in [3.8, 4) is 0 Å². The number of rotatable bonds is 3. The molecule has 0 saturated carbocycles. The Labute approximate surface area is 98.6 Å². The van der Waals surface area contributed by atoms with E-state index in [0.29, 0.717) is 22.5 Å². The number of fused-ring (bicyclic) bond motifs is 1. The van der Waals surface area contributed by atoms with Gasteiger partial charge in [0.25, 0.3) is 6.04 Å². The van der Waals surface area contributed by atoms with E-state index in [0.717, 1.165) is 4.76 Å². The highest BCUT2D eigenvalue weighted by Gasteiger charge is 2.35. The van der Waals surface area contributed by atoms with Gasteiger partial charge in [-0.25, -0.2) is 0 Å². The number of nitroso groups, excluding NO2 is 1. The van der Waals surface area contributed by atoms with Crippen LogP contribution >= 0.6 is 0 Å². The van der Waals surface area contributed by atoms with Crippen molar-refractivity contribution in [2.45, 2.75) is 6.04 Å². The van der Waals surface area contributed by atoms with E-state index in [4.69, 9.17) is 4.74 Å². The van der Waals surface area contributed by atoms with Gasteiger partial charge in [-0.1, -0.05) is 0 Å². The molecule has 2 N–H and O–H groups in total. The van der Waals surface area contributed by atoms with E-state index >= 15 is 0 Å². The second-order valence-corrected chi connectivity index (χ2v) is 3.82. The summed E-state index contributed by atoms with van der Waals surface area (Å²) in [7, 11) is 1.54. The molecule has 90 valence electrons. The van der Waals surface area contributed by atoms with Crippen LogP contribution in [0.15, 0.2) is 46.9 Å². The van der Waals surface area contributed by atoms with Crippen molar-refractivity contribution in [1.82, 2.24) is 0 Å². The van der Waals surface area contributed by atoms with Gasteiger partial charge in [0.1, 0.15) is 5.76 Å². The monoisotopic (exact) mass is 236 g/mol. The number of hydrogen-bond acceptors (Lipinski definition) is 4. The summed E-state index contributed by atoms with van der Waals surface area (Å²) in [6, 6.07) is -0.452. The van der Waals surface area contributed by atoms with Gasteiger partial charge < -0.3 is 14.9 Å². The molecule has 0 radical (unpaired) electrons. The molecule has 0 amide bonds. The highest BCUT2D eigenvalue weighted by Crippen LogP contribution is 2.30. The summed E-state index contributed by atoms with van der Waals surface area (Å²) >= 11 is 0. The molecule has 5 heteroatoms. The fourth-order valence-electron chi connectivity index (χ4n) is 2.02. The molecule has 0 saturated heterocycles. The van der Waals surface area contributed by atoms with Crippen LogP contribution in [0.5, 0.6) is 0 Å². The van der Waals surface area contributed by atoms with Crippen LogP contribution in [0, 0.1) is 4.91 Å². The zero-order valence-electron chi connectivity index (χ0n) is 9.46. The van der Waals surface area contributed by atoms with Crippen molar-refractivity contribution in [2.24, 2.45) is 0 Å². The Kier molecular flexibility index (Phi) is 3.21. The normalized spacial score (nSPS) is 23.2. The zero-order valence-corrected chi connectivity index (χ0v) is 9.46. The predicted molar refractivity (Wildman–Crippen MR) is 60.9 cm³/mol. The highest BCUT2D eigenvalue weighted by molar-refractivity contribution is 5.49. The van der Waals surface area contributed by atoms with Gasteiger partial charge in [0.05, 0.1) is 25.9 Å². The lowest BCUT2D eigenvalue weighted by atomic mass is 9.89. The number of methoxy groups -OCH3 is 1. The Morgan fingerprint density at radius 3 is 2.76 bits per heavy atom. The van der Waals surface area contributed by atoms with Crippen LogP contribution < -0.4 is 0 Å². The van der Waals surface area contributed by atoms with Crippen LogP contribution in [0.4, 0.5) is 0 Å². The van der Waals surface area contributed by atoms with Crippen molar-refractivity contribution >= 4 is 0 Å². The second kappa shape index (κ2) is 4.65. The first-order chi connectivity index (χ1) is 8.21. The molecule has 0 aromatic heterocycles. The number of hydrogen-bond donors (Lipinski definition) is 2. The van der Waals surface area contributed by atoms with Gasteiger partial charge in [-0.15, -0.1) is 0 Å². The molecule has 0 fully saturated rings. The smallest absolute Gasteiger partial charge is 0.251 e. The maximum Gasteiger partial charge on any atom is 0.251 e. The Bertz CT molecular complexity index is 471. The predicted octanol–water partition coefficient (Wildman–Crippen LogP) is 0.413. The third-order valence-corrected chi connectivity index (χ3v) is 2.92. The zero-order chi connectivity index (χ0) is 12.4. The molecular weight excluding hydrogens is 222 g/mol. The topological polar surface area (TPSA) is 69.8 Å². The molecule has 1 aliphatic carbocycles. The fourth-order valence-corrected chi connectivity index (χ4v) is 2.02. The van der Waals surface area contributed by atoms with Gasteiger partial charge in [0.2, 0.25) is 6.20 Å². The number of nitrogens with zero attached hydrogens (tertiary/aromatic N) is 1. The molecule has 2 aliphatic rings. The molecule has 0 aromatic rings. The van der Waals surface area contributed by atoms with E-state index in [1.54, 1.807) is 18.2 Å². The van der Waals surface area contributed by atoms with Crippen LogP contribution in [0.1, 0.15) is 0 Å². The number of allylic oxidation sites excluding steroid dienone is 1. The largest absolute Gasteiger partial charge is 0.497 e. The van der Waals surface area contributed by atoms with E-state index in [1.807, 2.05) is 0 Å². The average Bonchev–Trinajstić information content (AvgIpc) is 2.37. The van der Waals surface area contributed by atoms with Crippen LogP contribution in [0.25, 0.3) is 0 Å². The molecule has 17 heavy (non-hydrogen) atoms. The van der Waals surface area contributed by atoms with Crippen LogP contribution in [0.3, 0.4) is 0 Å². The van der Waals surface area contributed by atoms with Gasteiger partial charge in [0.15, 0.2) is 0 Å². The summed E-state index contributed by atoms with van der Waals surface area (Å²) in [4.78, 5) is 11.7. The molecule has 5 nitrogen and oxygen atoms in total. The highest BCUT2D eigenvalue weighted by atomic mass is 16.5. The van der Waals surface area contributed by atoms with Crippen molar-refractivity contribution in [3.05, 3.63) is 51.8 Å². The van der Waals surface area contributed by atoms with E-state index < -0.39 is 6.04 Å². The lowest BCUT2D eigenvalue weighted by Gasteiger charge is -2.20. The lowest BCUT2D eigenvalue weighted by molar-refractivity contribution is -0.500. The maximum absolute atomic E-state index is 11.7. The van der Waals surface area contributed by atoms with Gasteiger partial charge in [0, 0.05) is 15.2 Å². The van der Waals surface area contributed by atoms with E-state index in [2.05, 4.69) is 0 Å². The molecule has 1 heterocycles. The summed E-state index contributed by atoms with van der Waals surface area (Å²) in [5, 5.41) is 18.5. The quantitative estimate of drug-likeness (QED) is 0.696. The van der Waals surface area contributed by atoms with E-state index in [-0.39, 0.29) is 13.2 Å². The van der Waals surface area contributed by atoms with Gasteiger partial charge in [-0.05, 0) is 23.8 Å².